The molecule has 0 saturated carbocycles. The minimum atomic E-state index is -0.502. The standard InChI is InChI=1S/C17H16FN5O2/c18-13-5-1-2-7-15(13)25-17-14(6-3-9-20-17)22-16(24)8-4-10-23-12-19-11-21-23/h1-3,5-7,9,11-12H,4,8,10H2,(H,22,24). The molecule has 0 saturated heterocycles. The van der Waals surface area contributed by atoms with E-state index >= 15 is 0 Å². The van der Waals surface area contributed by atoms with E-state index in [1.165, 1.54) is 24.7 Å². The van der Waals surface area contributed by atoms with Gasteiger partial charge in [0, 0.05) is 19.2 Å². The number of para-hydroxylation sites is 1. The third-order valence-electron chi connectivity index (χ3n) is 3.35. The fourth-order valence-electron chi connectivity index (χ4n) is 2.16. The van der Waals surface area contributed by atoms with E-state index in [2.05, 4.69) is 20.4 Å². The summed E-state index contributed by atoms with van der Waals surface area (Å²) in [6.45, 7) is 0.596. The van der Waals surface area contributed by atoms with E-state index in [1.807, 2.05) is 0 Å². The molecule has 0 radical (unpaired) electrons. The maximum atomic E-state index is 13.7. The molecule has 25 heavy (non-hydrogen) atoms. The first kappa shape index (κ1) is 16.6. The number of carbonyl (C=O) groups is 1. The number of amides is 1. The molecule has 2 aromatic heterocycles. The van der Waals surface area contributed by atoms with Crippen LogP contribution in [0, 0.1) is 5.82 Å². The highest BCUT2D eigenvalue weighted by molar-refractivity contribution is 5.91. The van der Waals surface area contributed by atoms with Gasteiger partial charge in [0.05, 0.1) is 0 Å². The van der Waals surface area contributed by atoms with Crippen LogP contribution < -0.4 is 10.1 Å². The molecule has 1 amide bonds. The van der Waals surface area contributed by atoms with Crippen LogP contribution in [0.3, 0.4) is 0 Å². The fourth-order valence-corrected chi connectivity index (χ4v) is 2.16. The lowest BCUT2D eigenvalue weighted by atomic mass is 10.3. The van der Waals surface area contributed by atoms with Crippen molar-refractivity contribution in [1.29, 1.82) is 0 Å². The van der Waals surface area contributed by atoms with E-state index in [1.54, 1.807) is 35.3 Å². The summed E-state index contributed by atoms with van der Waals surface area (Å²) in [6.07, 6.45) is 5.46. The Hall–Kier alpha value is -3.29. The normalized spacial score (nSPS) is 10.4. The van der Waals surface area contributed by atoms with Crippen LogP contribution in [0.4, 0.5) is 10.1 Å². The highest BCUT2D eigenvalue weighted by Crippen LogP contribution is 2.28. The van der Waals surface area contributed by atoms with Gasteiger partial charge >= 0.3 is 0 Å². The molecule has 0 aliphatic carbocycles. The second kappa shape index (κ2) is 8.00. The molecule has 3 rings (SSSR count). The highest BCUT2D eigenvalue weighted by atomic mass is 19.1. The zero-order valence-electron chi connectivity index (χ0n) is 13.3. The number of hydrogen-bond donors (Lipinski definition) is 1. The Morgan fingerprint density at radius 3 is 2.92 bits per heavy atom. The quantitative estimate of drug-likeness (QED) is 0.714. The lowest BCUT2D eigenvalue weighted by Crippen LogP contribution is -2.13. The van der Waals surface area contributed by atoms with Crippen molar-refractivity contribution in [3.8, 4) is 11.6 Å². The number of carbonyl (C=O) groups excluding carboxylic acids is 1. The van der Waals surface area contributed by atoms with Crippen molar-refractivity contribution in [2.75, 3.05) is 5.32 Å². The number of hydrogen-bond acceptors (Lipinski definition) is 5. The maximum Gasteiger partial charge on any atom is 0.243 e. The smallest absolute Gasteiger partial charge is 0.243 e. The summed E-state index contributed by atoms with van der Waals surface area (Å²) in [6, 6.07) is 9.33. The Kier molecular flexibility index (Phi) is 5.30. The fraction of sp³-hybridized carbons (Fsp3) is 0.176. The van der Waals surface area contributed by atoms with E-state index in [0.29, 0.717) is 25.1 Å². The van der Waals surface area contributed by atoms with Gasteiger partial charge in [0.2, 0.25) is 11.8 Å². The molecule has 7 nitrogen and oxygen atoms in total. The first-order valence-corrected chi connectivity index (χ1v) is 7.72. The van der Waals surface area contributed by atoms with Gasteiger partial charge in [-0.15, -0.1) is 0 Å². The monoisotopic (exact) mass is 341 g/mol. The molecule has 2 heterocycles. The third-order valence-corrected chi connectivity index (χ3v) is 3.35. The van der Waals surface area contributed by atoms with Gasteiger partial charge in [0.15, 0.2) is 11.6 Å². The van der Waals surface area contributed by atoms with Crippen LogP contribution in [-0.2, 0) is 11.3 Å². The molecule has 0 aliphatic rings. The number of nitrogens with zero attached hydrogens (tertiary/aromatic N) is 4. The molecule has 8 heteroatoms. The third kappa shape index (κ3) is 4.60. The molecule has 0 atom stereocenters. The number of aromatic nitrogens is 4. The summed E-state index contributed by atoms with van der Waals surface area (Å²) in [4.78, 5) is 20.0. The van der Waals surface area contributed by atoms with Crippen molar-refractivity contribution < 1.29 is 13.9 Å². The zero-order chi connectivity index (χ0) is 17.5. The first-order valence-electron chi connectivity index (χ1n) is 7.72. The van der Waals surface area contributed by atoms with E-state index in [-0.39, 0.29) is 17.5 Å². The number of rotatable bonds is 7. The molecule has 1 aromatic carbocycles. The summed E-state index contributed by atoms with van der Waals surface area (Å²) in [5.74, 6) is -0.509. The van der Waals surface area contributed by atoms with E-state index in [4.69, 9.17) is 4.74 Å². The molecule has 0 aliphatic heterocycles. The lowest BCUT2D eigenvalue weighted by Gasteiger charge is -2.11. The number of halogens is 1. The van der Waals surface area contributed by atoms with Crippen molar-refractivity contribution in [1.82, 2.24) is 19.7 Å². The van der Waals surface area contributed by atoms with Gasteiger partial charge in [-0.1, -0.05) is 12.1 Å². The summed E-state index contributed by atoms with van der Waals surface area (Å²) in [5.41, 5.74) is 0.386. The second-order valence-electron chi connectivity index (χ2n) is 5.20. The number of pyridine rings is 1. The van der Waals surface area contributed by atoms with Crippen LogP contribution in [0.25, 0.3) is 0 Å². The number of nitrogens with one attached hydrogen (secondary N) is 1. The minimum Gasteiger partial charge on any atom is -0.434 e. The minimum absolute atomic E-state index is 0.0443. The van der Waals surface area contributed by atoms with Gasteiger partial charge < -0.3 is 10.1 Å². The predicted octanol–water partition coefficient (Wildman–Crippen LogP) is 3.02. The van der Waals surface area contributed by atoms with Crippen LogP contribution in [0.1, 0.15) is 12.8 Å². The van der Waals surface area contributed by atoms with Gasteiger partial charge in [-0.3, -0.25) is 9.48 Å². The van der Waals surface area contributed by atoms with Crippen LogP contribution in [0.5, 0.6) is 11.6 Å². The molecule has 128 valence electrons. The van der Waals surface area contributed by atoms with Crippen molar-refractivity contribution in [2.24, 2.45) is 0 Å². The lowest BCUT2D eigenvalue weighted by molar-refractivity contribution is -0.116. The van der Waals surface area contributed by atoms with E-state index in [9.17, 15) is 9.18 Å². The van der Waals surface area contributed by atoms with E-state index < -0.39 is 5.82 Å². The molecule has 1 N–H and O–H groups in total. The molecule has 0 fully saturated rings. The molecular weight excluding hydrogens is 325 g/mol. The summed E-state index contributed by atoms with van der Waals surface area (Å²) >= 11 is 0. The molecule has 0 unspecified atom stereocenters. The Labute approximate surface area is 143 Å². The van der Waals surface area contributed by atoms with Crippen molar-refractivity contribution >= 4 is 11.6 Å². The van der Waals surface area contributed by atoms with Gasteiger partial charge in [-0.2, -0.15) is 5.10 Å². The molecular formula is C17H16FN5O2. The summed E-state index contributed by atoms with van der Waals surface area (Å²) in [5, 5.41) is 6.71. The van der Waals surface area contributed by atoms with Crippen LogP contribution in [0.15, 0.2) is 55.2 Å². The largest absolute Gasteiger partial charge is 0.434 e. The van der Waals surface area contributed by atoms with Gasteiger partial charge in [-0.25, -0.2) is 14.4 Å². The Morgan fingerprint density at radius 1 is 1.24 bits per heavy atom. The van der Waals surface area contributed by atoms with Crippen molar-refractivity contribution in [3.05, 3.63) is 61.1 Å². The average Bonchev–Trinajstić information content (AvgIpc) is 3.12. The van der Waals surface area contributed by atoms with Gasteiger partial charge in [0.1, 0.15) is 18.3 Å². The molecule has 0 bridgehead atoms. The van der Waals surface area contributed by atoms with Crippen LogP contribution in [0.2, 0.25) is 0 Å². The Bertz CT molecular complexity index is 839. The summed E-state index contributed by atoms with van der Waals surface area (Å²) < 4.78 is 20.9. The van der Waals surface area contributed by atoms with Crippen LogP contribution in [-0.4, -0.2) is 25.7 Å². The number of anilines is 1. The first-order chi connectivity index (χ1) is 12.2. The van der Waals surface area contributed by atoms with Crippen LogP contribution >= 0.6 is 0 Å². The van der Waals surface area contributed by atoms with Crippen molar-refractivity contribution in [3.63, 3.8) is 0 Å². The van der Waals surface area contributed by atoms with Gasteiger partial charge in [0.25, 0.3) is 0 Å². The Morgan fingerprint density at radius 2 is 2.12 bits per heavy atom. The second-order valence-corrected chi connectivity index (χ2v) is 5.20. The van der Waals surface area contributed by atoms with Gasteiger partial charge in [-0.05, 0) is 30.7 Å². The SMILES string of the molecule is O=C(CCCn1cncn1)Nc1cccnc1Oc1ccccc1F. The van der Waals surface area contributed by atoms with E-state index in [0.717, 1.165) is 0 Å². The molecule has 0 spiro atoms. The predicted molar refractivity (Wildman–Crippen MR) is 88.6 cm³/mol. The average molecular weight is 341 g/mol. The number of benzene rings is 1. The Balaban J connectivity index is 1.60. The zero-order valence-corrected chi connectivity index (χ0v) is 13.3. The highest BCUT2D eigenvalue weighted by Gasteiger charge is 2.11. The summed E-state index contributed by atoms with van der Waals surface area (Å²) in [7, 11) is 0. The maximum absolute atomic E-state index is 13.7. The number of aryl methyl sites for hydroxylation is 1. The number of ether oxygens (including phenoxy) is 1. The molecule has 3 aromatic rings. The van der Waals surface area contributed by atoms with Crippen molar-refractivity contribution in [2.45, 2.75) is 19.4 Å². The topological polar surface area (TPSA) is 81.9 Å².